The molecule has 0 saturated heterocycles. The first-order valence-corrected chi connectivity index (χ1v) is 9.59. The Labute approximate surface area is 152 Å². The largest absolute Gasteiger partial charge is 0.368 e. The first-order valence-electron chi connectivity index (χ1n) is 7.36. The molecule has 6 nitrogen and oxygen atoms in total. The molecule has 0 aliphatic heterocycles. The quantitative estimate of drug-likeness (QED) is 0.686. The Bertz CT molecular complexity index is 800. The molecule has 0 radical (unpaired) electrons. The fourth-order valence-electron chi connectivity index (χ4n) is 1.85. The SMILES string of the molecule is CC(NCc1ccc(-c2cccc(Cl)c2)cc1)C(N)=O.CS(=O)(=O)O. The molecule has 0 saturated carbocycles. The normalized spacial score (nSPS) is 12.0. The molecule has 0 aliphatic rings. The molecule has 0 aromatic heterocycles. The van der Waals surface area contributed by atoms with Crippen LogP contribution in [0.5, 0.6) is 0 Å². The van der Waals surface area contributed by atoms with Gasteiger partial charge in [-0.1, -0.05) is 48.0 Å². The van der Waals surface area contributed by atoms with E-state index < -0.39 is 10.1 Å². The number of amides is 1. The van der Waals surface area contributed by atoms with Crippen LogP contribution in [-0.4, -0.2) is 31.2 Å². The number of hydrogen-bond acceptors (Lipinski definition) is 4. The van der Waals surface area contributed by atoms with Gasteiger partial charge in [0.05, 0.1) is 12.3 Å². The zero-order chi connectivity index (χ0) is 19.0. The maximum absolute atomic E-state index is 10.9. The first-order chi connectivity index (χ1) is 11.6. The number of rotatable bonds is 5. The Hall–Kier alpha value is -1.93. The fraction of sp³-hybridized carbons (Fsp3) is 0.235. The number of carbonyl (C=O) groups is 1. The van der Waals surface area contributed by atoms with E-state index in [-0.39, 0.29) is 11.9 Å². The number of hydrogen-bond donors (Lipinski definition) is 3. The third-order valence-corrected chi connectivity index (χ3v) is 3.39. The smallest absolute Gasteiger partial charge is 0.261 e. The average molecular weight is 385 g/mol. The van der Waals surface area contributed by atoms with E-state index in [0.29, 0.717) is 12.8 Å². The van der Waals surface area contributed by atoms with Crippen LogP contribution in [0.15, 0.2) is 48.5 Å². The molecule has 8 heteroatoms. The molecular weight excluding hydrogens is 364 g/mol. The molecule has 0 bridgehead atoms. The van der Waals surface area contributed by atoms with Crippen molar-refractivity contribution in [3.63, 3.8) is 0 Å². The molecule has 1 unspecified atom stereocenters. The van der Waals surface area contributed by atoms with Crippen molar-refractivity contribution < 1.29 is 17.8 Å². The highest BCUT2D eigenvalue weighted by Crippen LogP contribution is 2.22. The average Bonchev–Trinajstić information content (AvgIpc) is 2.51. The van der Waals surface area contributed by atoms with Gasteiger partial charge in [0.1, 0.15) is 0 Å². The minimum Gasteiger partial charge on any atom is -0.368 e. The lowest BCUT2D eigenvalue weighted by Gasteiger charge is -2.10. The second kappa shape index (κ2) is 9.53. The van der Waals surface area contributed by atoms with Gasteiger partial charge in [0.15, 0.2) is 0 Å². The standard InChI is InChI=1S/C16H17ClN2O.CH4O3S/c1-11(16(18)20)19-10-12-5-7-13(8-6-12)14-3-2-4-15(17)9-14;1-5(2,3)4/h2-9,11,19H,10H2,1H3,(H2,18,20);1H3,(H,2,3,4). The number of carbonyl (C=O) groups excluding carboxylic acids is 1. The Morgan fingerprint density at radius 2 is 1.76 bits per heavy atom. The van der Waals surface area contributed by atoms with Crippen molar-refractivity contribution in [2.75, 3.05) is 6.26 Å². The van der Waals surface area contributed by atoms with E-state index in [0.717, 1.165) is 21.7 Å². The maximum Gasteiger partial charge on any atom is 0.261 e. The van der Waals surface area contributed by atoms with Gasteiger partial charge < -0.3 is 11.1 Å². The highest BCUT2D eigenvalue weighted by Gasteiger charge is 2.07. The van der Waals surface area contributed by atoms with E-state index >= 15 is 0 Å². The van der Waals surface area contributed by atoms with E-state index in [2.05, 4.69) is 5.32 Å². The van der Waals surface area contributed by atoms with Gasteiger partial charge in [0, 0.05) is 11.6 Å². The Kier molecular flexibility index (Phi) is 8.05. The topological polar surface area (TPSA) is 109 Å². The number of benzene rings is 2. The van der Waals surface area contributed by atoms with Crippen molar-refractivity contribution in [1.29, 1.82) is 0 Å². The van der Waals surface area contributed by atoms with E-state index in [1.807, 2.05) is 48.5 Å². The van der Waals surface area contributed by atoms with Crippen LogP contribution >= 0.6 is 11.6 Å². The molecule has 2 aromatic carbocycles. The second-order valence-corrected chi connectivity index (χ2v) is 7.35. The van der Waals surface area contributed by atoms with E-state index in [4.69, 9.17) is 21.9 Å². The van der Waals surface area contributed by atoms with Crippen LogP contribution in [0.1, 0.15) is 12.5 Å². The summed E-state index contributed by atoms with van der Waals surface area (Å²) in [7, 11) is -3.67. The lowest BCUT2D eigenvalue weighted by atomic mass is 10.0. The Balaban J connectivity index is 0.000000550. The molecule has 2 aromatic rings. The summed E-state index contributed by atoms with van der Waals surface area (Å²) in [6.07, 6.45) is 0.715. The van der Waals surface area contributed by atoms with Crippen LogP contribution in [0.4, 0.5) is 0 Å². The summed E-state index contributed by atoms with van der Waals surface area (Å²) in [4.78, 5) is 10.9. The van der Waals surface area contributed by atoms with Crippen molar-refractivity contribution in [3.05, 3.63) is 59.1 Å². The predicted octanol–water partition coefficient (Wildman–Crippen LogP) is 2.47. The summed E-state index contributed by atoms with van der Waals surface area (Å²) >= 11 is 5.99. The lowest BCUT2D eigenvalue weighted by molar-refractivity contribution is -0.119. The zero-order valence-corrected chi connectivity index (χ0v) is 15.5. The molecule has 25 heavy (non-hydrogen) atoms. The first kappa shape index (κ1) is 21.1. The number of nitrogens with two attached hydrogens (primary N) is 1. The van der Waals surface area contributed by atoms with Gasteiger partial charge in [-0.2, -0.15) is 8.42 Å². The minimum absolute atomic E-state index is 0.331. The zero-order valence-electron chi connectivity index (χ0n) is 13.9. The predicted molar refractivity (Wildman–Crippen MR) is 99.9 cm³/mol. The third kappa shape index (κ3) is 9.21. The highest BCUT2D eigenvalue weighted by molar-refractivity contribution is 7.85. The molecule has 136 valence electrons. The van der Waals surface area contributed by atoms with Gasteiger partial charge in [-0.25, -0.2) is 0 Å². The monoisotopic (exact) mass is 384 g/mol. The molecule has 0 heterocycles. The van der Waals surface area contributed by atoms with Crippen molar-refractivity contribution in [1.82, 2.24) is 5.32 Å². The Morgan fingerprint density at radius 3 is 2.24 bits per heavy atom. The molecule has 4 N–H and O–H groups in total. The fourth-order valence-corrected chi connectivity index (χ4v) is 2.04. The molecule has 0 fully saturated rings. The van der Waals surface area contributed by atoms with Crippen molar-refractivity contribution >= 4 is 27.6 Å². The molecular formula is C17H21ClN2O4S. The summed E-state index contributed by atoms with van der Waals surface area (Å²) in [6.45, 7) is 2.36. The van der Waals surface area contributed by atoms with Crippen LogP contribution in [0.3, 0.4) is 0 Å². The van der Waals surface area contributed by atoms with Crippen LogP contribution in [0, 0.1) is 0 Å². The van der Waals surface area contributed by atoms with Crippen LogP contribution < -0.4 is 11.1 Å². The van der Waals surface area contributed by atoms with Gasteiger partial charge >= 0.3 is 0 Å². The van der Waals surface area contributed by atoms with Crippen LogP contribution in [0.25, 0.3) is 11.1 Å². The van der Waals surface area contributed by atoms with Crippen molar-refractivity contribution in [3.8, 4) is 11.1 Å². The van der Waals surface area contributed by atoms with Gasteiger partial charge in [-0.05, 0) is 35.7 Å². The van der Waals surface area contributed by atoms with Gasteiger partial charge in [-0.3, -0.25) is 9.35 Å². The van der Waals surface area contributed by atoms with E-state index in [1.54, 1.807) is 6.92 Å². The summed E-state index contributed by atoms with van der Waals surface area (Å²) in [6, 6.07) is 15.5. The second-order valence-electron chi connectivity index (χ2n) is 5.45. The number of halogens is 1. The maximum atomic E-state index is 10.9. The van der Waals surface area contributed by atoms with Crippen LogP contribution in [0.2, 0.25) is 5.02 Å². The van der Waals surface area contributed by atoms with Crippen molar-refractivity contribution in [2.24, 2.45) is 5.73 Å². The molecule has 0 aliphatic carbocycles. The number of nitrogens with one attached hydrogen (secondary N) is 1. The summed E-state index contributed by atoms with van der Waals surface area (Å²) in [5.41, 5.74) is 8.50. The Morgan fingerprint density at radius 1 is 1.20 bits per heavy atom. The van der Waals surface area contributed by atoms with Gasteiger partial charge in [0.2, 0.25) is 5.91 Å². The van der Waals surface area contributed by atoms with Gasteiger partial charge in [0.25, 0.3) is 10.1 Å². The summed E-state index contributed by atoms with van der Waals surface area (Å²) in [5.74, 6) is -0.347. The minimum atomic E-state index is -3.67. The lowest BCUT2D eigenvalue weighted by Crippen LogP contribution is -2.38. The van der Waals surface area contributed by atoms with E-state index in [1.165, 1.54) is 0 Å². The molecule has 1 atom stereocenters. The molecule has 2 rings (SSSR count). The summed E-state index contributed by atoms with van der Waals surface area (Å²) in [5, 5.41) is 3.80. The highest BCUT2D eigenvalue weighted by atomic mass is 35.5. The summed E-state index contributed by atoms with van der Waals surface area (Å²) < 4.78 is 25.9. The third-order valence-electron chi connectivity index (χ3n) is 3.15. The van der Waals surface area contributed by atoms with Crippen molar-refractivity contribution in [2.45, 2.75) is 19.5 Å². The van der Waals surface area contributed by atoms with E-state index in [9.17, 15) is 13.2 Å². The van der Waals surface area contributed by atoms with Gasteiger partial charge in [-0.15, -0.1) is 0 Å². The van der Waals surface area contributed by atoms with Crippen LogP contribution in [-0.2, 0) is 21.5 Å². The molecule has 0 spiro atoms. The molecule has 1 amide bonds. The number of primary amides is 1.